The number of furan rings is 2. The third kappa shape index (κ3) is 1.86. The number of carbonyl (C=O) groups is 1. The van der Waals surface area contributed by atoms with Crippen LogP contribution in [0.3, 0.4) is 0 Å². The molecule has 2 aromatic heterocycles. The minimum Gasteiger partial charge on any atom is -0.481 e. The third-order valence-corrected chi connectivity index (χ3v) is 4.57. The molecule has 0 radical (unpaired) electrons. The van der Waals surface area contributed by atoms with E-state index >= 15 is 0 Å². The van der Waals surface area contributed by atoms with Gasteiger partial charge < -0.3 is 13.9 Å². The SMILES string of the molecule is Cc1c2ccoc2c(C(CC(=O)O)C2CC2)c2ccoc12. The van der Waals surface area contributed by atoms with Gasteiger partial charge in [-0.1, -0.05) is 0 Å². The summed E-state index contributed by atoms with van der Waals surface area (Å²) in [6.45, 7) is 2.01. The van der Waals surface area contributed by atoms with Gasteiger partial charge in [0.2, 0.25) is 0 Å². The van der Waals surface area contributed by atoms with Crippen molar-refractivity contribution in [1.29, 1.82) is 0 Å². The third-order valence-electron chi connectivity index (χ3n) is 4.57. The summed E-state index contributed by atoms with van der Waals surface area (Å²) in [7, 11) is 0. The highest BCUT2D eigenvalue weighted by molar-refractivity contribution is 6.02. The first-order valence-electron chi connectivity index (χ1n) is 7.25. The summed E-state index contributed by atoms with van der Waals surface area (Å²) in [6, 6.07) is 3.86. The molecule has 1 N–H and O–H groups in total. The molecule has 4 rings (SSSR count). The van der Waals surface area contributed by atoms with E-state index in [0.717, 1.165) is 45.9 Å². The number of rotatable bonds is 4. The fourth-order valence-electron chi connectivity index (χ4n) is 3.43. The summed E-state index contributed by atoms with van der Waals surface area (Å²) in [4.78, 5) is 11.3. The van der Waals surface area contributed by atoms with Crippen LogP contribution < -0.4 is 0 Å². The summed E-state index contributed by atoms with van der Waals surface area (Å²) in [5.74, 6) is -0.323. The van der Waals surface area contributed by atoms with Crippen molar-refractivity contribution in [1.82, 2.24) is 0 Å². The van der Waals surface area contributed by atoms with Crippen molar-refractivity contribution in [3.8, 4) is 0 Å². The van der Waals surface area contributed by atoms with Crippen molar-refractivity contribution in [2.24, 2.45) is 5.92 Å². The van der Waals surface area contributed by atoms with Crippen LogP contribution >= 0.6 is 0 Å². The predicted molar refractivity (Wildman–Crippen MR) is 78.4 cm³/mol. The molecule has 1 aliphatic rings. The van der Waals surface area contributed by atoms with Gasteiger partial charge in [0.15, 0.2) is 0 Å². The highest BCUT2D eigenvalue weighted by Gasteiger charge is 2.37. The molecule has 2 heterocycles. The number of fused-ring (bicyclic) bond motifs is 2. The van der Waals surface area contributed by atoms with E-state index < -0.39 is 5.97 Å². The van der Waals surface area contributed by atoms with Crippen LogP contribution in [-0.4, -0.2) is 11.1 Å². The molecule has 1 unspecified atom stereocenters. The van der Waals surface area contributed by atoms with Gasteiger partial charge >= 0.3 is 5.97 Å². The molecule has 0 amide bonds. The summed E-state index contributed by atoms with van der Waals surface area (Å²) >= 11 is 0. The maximum Gasteiger partial charge on any atom is 0.303 e. The molecular formula is C17H16O4. The Morgan fingerprint density at radius 2 is 1.90 bits per heavy atom. The average Bonchev–Trinajstić information content (AvgIpc) is 2.98. The molecule has 4 nitrogen and oxygen atoms in total. The first kappa shape index (κ1) is 12.5. The lowest BCUT2D eigenvalue weighted by atomic mass is 9.86. The number of carboxylic acid groups (broad SMARTS) is 1. The Kier molecular flexibility index (Phi) is 2.61. The monoisotopic (exact) mass is 284 g/mol. The Balaban J connectivity index is 2.03. The first-order valence-corrected chi connectivity index (χ1v) is 7.25. The number of carboxylic acids is 1. The van der Waals surface area contributed by atoms with E-state index in [9.17, 15) is 9.90 Å². The van der Waals surface area contributed by atoms with Crippen molar-refractivity contribution in [2.45, 2.75) is 32.1 Å². The van der Waals surface area contributed by atoms with Crippen LogP contribution in [0, 0.1) is 12.8 Å². The zero-order valence-corrected chi connectivity index (χ0v) is 11.8. The summed E-state index contributed by atoms with van der Waals surface area (Å²) < 4.78 is 11.3. The Morgan fingerprint density at radius 3 is 2.57 bits per heavy atom. The van der Waals surface area contributed by atoms with Crippen molar-refractivity contribution in [3.05, 3.63) is 35.8 Å². The van der Waals surface area contributed by atoms with Crippen LogP contribution in [0.4, 0.5) is 0 Å². The standard InChI is InChI=1S/C17H16O4/c1-9-11-4-6-21-17(11)15(12-5-7-20-16(9)12)13(8-14(18)19)10-2-3-10/h4-7,10,13H,2-3,8H2,1H3,(H,18,19). The smallest absolute Gasteiger partial charge is 0.303 e. The van der Waals surface area contributed by atoms with Crippen LogP contribution in [0.25, 0.3) is 21.9 Å². The molecule has 3 aromatic rings. The van der Waals surface area contributed by atoms with Gasteiger partial charge in [0.05, 0.1) is 18.9 Å². The van der Waals surface area contributed by atoms with E-state index in [-0.39, 0.29) is 12.3 Å². The van der Waals surface area contributed by atoms with Gasteiger partial charge in [0, 0.05) is 27.8 Å². The van der Waals surface area contributed by atoms with E-state index in [1.165, 1.54) is 0 Å². The maximum atomic E-state index is 11.3. The van der Waals surface area contributed by atoms with Crippen molar-refractivity contribution >= 4 is 27.9 Å². The van der Waals surface area contributed by atoms with Crippen LogP contribution in [0.5, 0.6) is 0 Å². The second kappa shape index (κ2) is 4.38. The molecule has 0 saturated heterocycles. The predicted octanol–water partition coefficient (Wildman–Crippen LogP) is 4.46. The first-order chi connectivity index (χ1) is 10.2. The van der Waals surface area contributed by atoms with Crippen LogP contribution in [0.15, 0.2) is 33.5 Å². The maximum absolute atomic E-state index is 11.3. The summed E-state index contributed by atoms with van der Waals surface area (Å²) in [5, 5.41) is 11.3. The van der Waals surface area contributed by atoms with Crippen molar-refractivity contribution in [3.63, 3.8) is 0 Å². The largest absolute Gasteiger partial charge is 0.481 e. The van der Waals surface area contributed by atoms with E-state index in [2.05, 4.69) is 0 Å². The van der Waals surface area contributed by atoms with Crippen LogP contribution in [0.2, 0.25) is 0 Å². The Morgan fingerprint density at radius 1 is 1.24 bits per heavy atom. The number of hydrogen-bond donors (Lipinski definition) is 1. The topological polar surface area (TPSA) is 63.6 Å². The lowest BCUT2D eigenvalue weighted by Crippen LogP contribution is -2.09. The van der Waals surface area contributed by atoms with Crippen molar-refractivity contribution in [2.75, 3.05) is 0 Å². The van der Waals surface area contributed by atoms with E-state index in [1.54, 1.807) is 12.5 Å². The Hall–Kier alpha value is -2.23. The fraction of sp³-hybridized carbons (Fsp3) is 0.353. The number of benzene rings is 1. The summed E-state index contributed by atoms with van der Waals surface area (Å²) in [6.07, 6.45) is 5.67. The lowest BCUT2D eigenvalue weighted by Gasteiger charge is -2.17. The minimum atomic E-state index is -0.760. The van der Waals surface area contributed by atoms with E-state index in [0.29, 0.717) is 5.92 Å². The zero-order chi connectivity index (χ0) is 14.6. The van der Waals surface area contributed by atoms with Gasteiger partial charge in [-0.2, -0.15) is 0 Å². The Bertz CT molecular complexity index is 783. The second-order valence-electron chi connectivity index (χ2n) is 5.91. The molecule has 21 heavy (non-hydrogen) atoms. The molecule has 1 aliphatic carbocycles. The van der Waals surface area contributed by atoms with Gasteiger partial charge in [-0.05, 0) is 37.8 Å². The minimum absolute atomic E-state index is 0.00292. The molecule has 0 bridgehead atoms. The number of aliphatic carboxylic acids is 1. The van der Waals surface area contributed by atoms with Gasteiger partial charge in [0.1, 0.15) is 11.2 Å². The zero-order valence-electron chi connectivity index (χ0n) is 11.8. The molecule has 0 spiro atoms. The van der Waals surface area contributed by atoms with Crippen LogP contribution in [0.1, 0.15) is 36.3 Å². The van der Waals surface area contributed by atoms with E-state index in [1.807, 2.05) is 19.1 Å². The highest BCUT2D eigenvalue weighted by Crippen LogP contribution is 2.49. The average molecular weight is 284 g/mol. The van der Waals surface area contributed by atoms with Gasteiger partial charge in [-0.3, -0.25) is 4.79 Å². The summed E-state index contributed by atoms with van der Waals surface area (Å²) in [5.41, 5.74) is 3.72. The van der Waals surface area contributed by atoms with Gasteiger partial charge in [-0.15, -0.1) is 0 Å². The van der Waals surface area contributed by atoms with Crippen LogP contribution in [-0.2, 0) is 4.79 Å². The van der Waals surface area contributed by atoms with Crippen molar-refractivity contribution < 1.29 is 18.7 Å². The molecule has 1 atom stereocenters. The molecule has 108 valence electrons. The second-order valence-corrected chi connectivity index (χ2v) is 5.91. The molecule has 0 aliphatic heterocycles. The Labute approximate surface area is 121 Å². The highest BCUT2D eigenvalue weighted by atomic mass is 16.4. The molecule has 1 fully saturated rings. The van der Waals surface area contributed by atoms with E-state index in [4.69, 9.17) is 8.83 Å². The molecule has 4 heteroatoms. The van der Waals surface area contributed by atoms with Gasteiger partial charge in [-0.25, -0.2) is 0 Å². The van der Waals surface area contributed by atoms with Gasteiger partial charge in [0.25, 0.3) is 0 Å². The quantitative estimate of drug-likeness (QED) is 0.768. The molecular weight excluding hydrogens is 268 g/mol. The number of hydrogen-bond acceptors (Lipinski definition) is 3. The fourth-order valence-corrected chi connectivity index (χ4v) is 3.43. The molecule has 1 aromatic carbocycles. The normalized spacial score (nSPS) is 16.6. The molecule has 1 saturated carbocycles. The lowest BCUT2D eigenvalue weighted by molar-refractivity contribution is -0.137. The number of aryl methyl sites for hydroxylation is 1.